The minimum Gasteiger partial charge on any atom is -0.388 e. The lowest BCUT2D eigenvalue weighted by Gasteiger charge is -2.19. The van der Waals surface area contributed by atoms with Crippen LogP contribution in [0.4, 0.5) is 0 Å². The van der Waals surface area contributed by atoms with Gasteiger partial charge in [-0.1, -0.05) is 19.1 Å². The van der Waals surface area contributed by atoms with Crippen LogP contribution in [0.25, 0.3) is 0 Å². The van der Waals surface area contributed by atoms with Gasteiger partial charge in [0.1, 0.15) is 0 Å². The van der Waals surface area contributed by atoms with E-state index in [4.69, 9.17) is 4.74 Å². The van der Waals surface area contributed by atoms with Gasteiger partial charge < -0.3 is 9.84 Å². The molecule has 4 nitrogen and oxygen atoms in total. The van der Waals surface area contributed by atoms with Crippen LogP contribution in [0.15, 0.2) is 29.2 Å². The molecule has 102 valence electrons. The molecule has 2 atom stereocenters. The summed E-state index contributed by atoms with van der Waals surface area (Å²) in [6.07, 6.45) is 1.32. The van der Waals surface area contributed by atoms with Gasteiger partial charge >= 0.3 is 0 Å². The quantitative estimate of drug-likeness (QED) is 0.857. The van der Waals surface area contributed by atoms with Crippen LogP contribution >= 0.6 is 0 Å². The molecule has 1 N–H and O–H groups in total. The summed E-state index contributed by atoms with van der Waals surface area (Å²) in [7, 11) is -1.56. The fourth-order valence-corrected chi connectivity index (χ4v) is 2.33. The zero-order valence-corrected chi connectivity index (χ0v) is 11.8. The average molecular weight is 272 g/mol. The zero-order valence-electron chi connectivity index (χ0n) is 11.0. The molecule has 5 heteroatoms. The average Bonchev–Trinajstić information content (AvgIpc) is 2.34. The molecular weight excluding hydrogens is 252 g/mol. The van der Waals surface area contributed by atoms with Crippen LogP contribution in [0.3, 0.4) is 0 Å². The molecule has 0 spiro atoms. The highest BCUT2D eigenvalue weighted by molar-refractivity contribution is 7.90. The minimum absolute atomic E-state index is 0.0639. The SMILES string of the molecule is COCCC(C)C(O)c1ccc(S(C)(=O)=O)cc1. The third-order valence-corrected chi connectivity index (χ3v) is 4.09. The van der Waals surface area contributed by atoms with Crippen molar-refractivity contribution in [3.63, 3.8) is 0 Å². The third-order valence-electron chi connectivity index (χ3n) is 2.97. The first kappa shape index (κ1) is 15.1. The summed E-state index contributed by atoms with van der Waals surface area (Å²) in [5, 5.41) is 10.1. The molecule has 0 aromatic heterocycles. The standard InChI is InChI=1S/C13H20O4S/c1-10(8-9-17-2)13(14)11-4-6-12(7-5-11)18(3,15)16/h4-7,10,13-14H,8-9H2,1-3H3. The van der Waals surface area contributed by atoms with Crippen molar-refractivity contribution in [2.75, 3.05) is 20.0 Å². The first-order valence-corrected chi connectivity index (χ1v) is 7.72. The molecule has 0 saturated heterocycles. The van der Waals surface area contributed by atoms with Gasteiger partial charge in [-0.05, 0) is 30.0 Å². The number of hydrogen-bond acceptors (Lipinski definition) is 4. The van der Waals surface area contributed by atoms with E-state index in [2.05, 4.69) is 0 Å². The molecule has 2 unspecified atom stereocenters. The molecule has 0 amide bonds. The molecule has 0 fully saturated rings. The van der Waals surface area contributed by atoms with Gasteiger partial charge in [-0.15, -0.1) is 0 Å². The highest BCUT2D eigenvalue weighted by Crippen LogP contribution is 2.25. The number of benzene rings is 1. The second-order valence-corrected chi connectivity index (χ2v) is 6.56. The van der Waals surface area contributed by atoms with Crippen LogP contribution in [0.2, 0.25) is 0 Å². The van der Waals surface area contributed by atoms with Crippen molar-refractivity contribution in [3.8, 4) is 0 Å². The van der Waals surface area contributed by atoms with Gasteiger partial charge in [0.2, 0.25) is 0 Å². The minimum atomic E-state index is -3.18. The number of ether oxygens (including phenoxy) is 1. The Hall–Kier alpha value is -0.910. The van der Waals surface area contributed by atoms with E-state index in [0.717, 1.165) is 12.0 Å². The van der Waals surface area contributed by atoms with Gasteiger partial charge in [0.05, 0.1) is 11.0 Å². The highest BCUT2D eigenvalue weighted by atomic mass is 32.2. The molecule has 1 aromatic carbocycles. The van der Waals surface area contributed by atoms with Crippen molar-refractivity contribution < 1.29 is 18.3 Å². The second-order valence-electron chi connectivity index (χ2n) is 4.54. The van der Waals surface area contributed by atoms with Gasteiger partial charge in [-0.3, -0.25) is 0 Å². The molecular formula is C13H20O4S. The van der Waals surface area contributed by atoms with Crippen molar-refractivity contribution >= 4 is 9.84 Å². The lowest BCUT2D eigenvalue weighted by molar-refractivity contribution is 0.0886. The van der Waals surface area contributed by atoms with Gasteiger partial charge in [-0.2, -0.15) is 0 Å². The predicted molar refractivity (Wildman–Crippen MR) is 70.2 cm³/mol. The maximum absolute atomic E-state index is 11.3. The molecule has 0 radical (unpaired) electrons. The van der Waals surface area contributed by atoms with Crippen LogP contribution in [-0.2, 0) is 14.6 Å². The Morgan fingerprint density at radius 3 is 2.28 bits per heavy atom. The van der Waals surface area contributed by atoms with E-state index >= 15 is 0 Å². The summed E-state index contributed by atoms with van der Waals surface area (Å²) >= 11 is 0. The Labute approximate surface area is 109 Å². The predicted octanol–water partition coefficient (Wildman–Crippen LogP) is 1.80. The van der Waals surface area contributed by atoms with Gasteiger partial charge in [0, 0.05) is 20.0 Å². The molecule has 0 aliphatic rings. The summed E-state index contributed by atoms with van der Waals surface area (Å²) < 4.78 is 27.6. The highest BCUT2D eigenvalue weighted by Gasteiger charge is 2.17. The fraction of sp³-hybridized carbons (Fsp3) is 0.538. The number of rotatable bonds is 6. The van der Waals surface area contributed by atoms with Crippen molar-refractivity contribution in [2.45, 2.75) is 24.3 Å². The molecule has 0 heterocycles. The van der Waals surface area contributed by atoms with Gasteiger partial charge in [0.15, 0.2) is 9.84 Å². The largest absolute Gasteiger partial charge is 0.388 e. The normalized spacial score (nSPS) is 15.3. The van der Waals surface area contributed by atoms with Crippen LogP contribution < -0.4 is 0 Å². The number of aliphatic hydroxyl groups is 1. The zero-order chi connectivity index (χ0) is 13.8. The Morgan fingerprint density at radius 2 is 1.83 bits per heavy atom. The van der Waals surface area contributed by atoms with E-state index in [1.54, 1.807) is 19.2 Å². The van der Waals surface area contributed by atoms with Crippen LogP contribution in [-0.4, -0.2) is 33.5 Å². The number of aliphatic hydroxyl groups excluding tert-OH is 1. The van der Waals surface area contributed by atoms with E-state index in [1.165, 1.54) is 18.4 Å². The summed E-state index contributed by atoms with van der Waals surface area (Å²) in [6, 6.07) is 6.36. The molecule has 0 aliphatic carbocycles. The topological polar surface area (TPSA) is 63.6 Å². The van der Waals surface area contributed by atoms with Crippen LogP contribution in [0.1, 0.15) is 25.0 Å². The van der Waals surface area contributed by atoms with E-state index in [9.17, 15) is 13.5 Å². The van der Waals surface area contributed by atoms with Gasteiger partial charge in [-0.25, -0.2) is 8.42 Å². The van der Waals surface area contributed by atoms with Gasteiger partial charge in [0.25, 0.3) is 0 Å². The number of sulfone groups is 1. The Morgan fingerprint density at radius 1 is 1.28 bits per heavy atom. The summed E-state index contributed by atoms with van der Waals surface area (Å²) in [5.74, 6) is 0.0639. The number of hydrogen-bond donors (Lipinski definition) is 1. The van der Waals surface area contributed by atoms with E-state index in [0.29, 0.717) is 6.61 Å². The maximum atomic E-state index is 11.3. The molecule has 0 aliphatic heterocycles. The van der Waals surface area contributed by atoms with E-state index < -0.39 is 15.9 Å². The smallest absolute Gasteiger partial charge is 0.175 e. The monoisotopic (exact) mass is 272 g/mol. The molecule has 0 saturated carbocycles. The molecule has 18 heavy (non-hydrogen) atoms. The summed E-state index contributed by atoms with van der Waals surface area (Å²) in [6.45, 7) is 2.54. The Kier molecular flexibility index (Phi) is 5.31. The van der Waals surface area contributed by atoms with Crippen molar-refractivity contribution in [3.05, 3.63) is 29.8 Å². The lowest BCUT2D eigenvalue weighted by atomic mass is 9.95. The Balaban J connectivity index is 2.79. The molecule has 0 bridgehead atoms. The fourth-order valence-electron chi connectivity index (χ4n) is 1.70. The third kappa shape index (κ3) is 4.08. The van der Waals surface area contributed by atoms with Crippen molar-refractivity contribution in [2.24, 2.45) is 5.92 Å². The Bertz CT molecular complexity index is 464. The van der Waals surface area contributed by atoms with Crippen molar-refractivity contribution in [1.82, 2.24) is 0 Å². The van der Waals surface area contributed by atoms with Crippen LogP contribution in [0.5, 0.6) is 0 Å². The first-order chi connectivity index (χ1) is 8.36. The number of methoxy groups -OCH3 is 1. The van der Waals surface area contributed by atoms with Crippen molar-refractivity contribution in [1.29, 1.82) is 0 Å². The first-order valence-electron chi connectivity index (χ1n) is 5.83. The van der Waals surface area contributed by atoms with E-state index in [1.807, 2.05) is 6.92 Å². The van der Waals surface area contributed by atoms with E-state index in [-0.39, 0.29) is 10.8 Å². The second kappa shape index (κ2) is 6.31. The summed E-state index contributed by atoms with van der Waals surface area (Å²) in [5.41, 5.74) is 0.728. The summed E-state index contributed by atoms with van der Waals surface area (Å²) in [4.78, 5) is 0.267. The lowest BCUT2D eigenvalue weighted by Crippen LogP contribution is -2.11. The maximum Gasteiger partial charge on any atom is 0.175 e. The van der Waals surface area contributed by atoms with Crippen LogP contribution in [0, 0.1) is 5.92 Å². The molecule has 1 rings (SSSR count). The molecule has 1 aromatic rings.